The van der Waals surface area contributed by atoms with Crippen LogP contribution in [0.15, 0.2) is 17.5 Å². The first-order valence-electron chi connectivity index (χ1n) is 10.0. The van der Waals surface area contributed by atoms with Gasteiger partial charge in [-0.25, -0.2) is 4.79 Å². The first-order chi connectivity index (χ1) is 13.6. The second-order valence-corrected chi connectivity index (χ2v) is 10.1. The topological polar surface area (TPSA) is 70.1 Å². The Morgan fingerprint density at radius 1 is 1.28 bits per heavy atom. The van der Waals surface area contributed by atoms with Gasteiger partial charge in [0.1, 0.15) is 5.75 Å². The van der Waals surface area contributed by atoms with Gasteiger partial charge in [-0.3, -0.25) is 9.69 Å². The largest absolute Gasteiger partial charge is 0.496 e. The van der Waals surface area contributed by atoms with Crippen LogP contribution in [0.3, 0.4) is 0 Å². The van der Waals surface area contributed by atoms with Crippen LogP contribution in [0.25, 0.3) is 10.1 Å². The fourth-order valence-electron chi connectivity index (χ4n) is 5.18. The molecule has 2 aliphatic rings. The Balaban J connectivity index is 1.67. The third-order valence-corrected chi connectivity index (χ3v) is 7.37. The number of carbonyl (C=O) groups excluding carboxylic acids is 1. The number of methoxy groups -OCH3 is 1. The summed E-state index contributed by atoms with van der Waals surface area (Å²) in [5.41, 5.74) is 1.25. The smallest absolute Gasteiger partial charge is 0.408 e. The summed E-state index contributed by atoms with van der Waals surface area (Å²) in [6.45, 7) is 8.41. The molecule has 2 unspecified atom stereocenters. The van der Waals surface area contributed by atoms with Crippen LogP contribution in [0, 0.1) is 12.8 Å². The Hall–Kier alpha value is -2.28. The van der Waals surface area contributed by atoms with Gasteiger partial charge in [0.15, 0.2) is 0 Å². The van der Waals surface area contributed by atoms with E-state index in [1.54, 1.807) is 23.3 Å². The molecular weight excluding hydrogens is 388 g/mol. The summed E-state index contributed by atoms with van der Waals surface area (Å²) in [5, 5.41) is 13.0. The van der Waals surface area contributed by atoms with Crippen LogP contribution >= 0.6 is 11.3 Å². The van der Waals surface area contributed by atoms with Gasteiger partial charge in [-0.15, -0.1) is 11.3 Å². The lowest BCUT2D eigenvalue weighted by Gasteiger charge is -2.40. The van der Waals surface area contributed by atoms with Crippen molar-refractivity contribution in [2.45, 2.75) is 58.2 Å². The van der Waals surface area contributed by atoms with Gasteiger partial charge in [0, 0.05) is 27.7 Å². The van der Waals surface area contributed by atoms with E-state index in [4.69, 9.17) is 4.74 Å². The van der Waals surface area contributed by atoms with E-state index in [2.05, 4.69) is 5.38 Å². The summed E-state index contributed by atoms with van der Waals surface area (Å²) < 4.78 is 6.60. The van der Waals surface area contributed by atoms with Crippen LogP contribution in [0.5, 0.6) is 5.75 Å². The molecule has 6 nitrogen and oxygen atoms in total. The van der Waals surface area contributed by atoms with Crippen molar-refractivity contribution in [3.63, 3.8) is 0 Å². The van der Waals surface area contributed by atoms with Crippen molar-refractivity contribution in [1.82, 2.24) is 9.80 Å². The van der Waals surface area contributed by atoms with Crippen molar-refractivity contribution in [3.05, 3.63) is 28.6 Å². The lowest BCUT2D eigenvalue weighted by molar-refractivity contribution is 0.0503. The molecule has 29 heavy (non-hydrogen) atoms. The molecule has 2 amide bonds. The Morgan fingerprint density at radius 2 is 2.00 bits per heavy atom. The second kappa shape index (κ2) is 6.90. The molecule has 0 spiro atoms. The average molecular weight is 417 g/mol. The Morgan fingerprint density at radius 3 is 2.62 bits per heavy atom. The van der Waals surface area contributed by atoms with E-state index in [1.165, 1.54) is 0 Å². The number of likely N-dealkylation sites (tertiary alicyclic amines) is 1. The average Bonchev–Trinajstić information content (AvgIpc) is 3.32. The monoisotopic (exact) mass is 416 g/mol. The summed E-state index contributed by atoms with van der Waals surface area (Å²) in [5.74, 6) is 0.869. The number of carbonyl (C=O) groups is 2. The van der Waals surface area contributed by atoms with Gasteiger partial charge in [0.2, 0.25) is 0 Å². The predicted octanol–water partition coefficient (Wildman–Crippen LogP) is 4.60. The molecule has 2 aromatic rings. The number of ether oxygens (including phenoxy) is 1. The lowest BCUT2D eigenvalue weighted by Crippen LogP contribution is -2.55. The number of carboxylic acid groups (broad SMARTS) is 1. The molecule has 1 aromatic carbocycles. The molecule has 7 heteroatoms. The summed E-state index contributed by atoms with van der Waals surface area (Å²) in [4.78, 5) is 28.9. The molecule has 0 radical (unpaired) electrons. The van der Waals surface area contributed by atoms with Crippen LogP contribution in [-0.2, 0) is 0 Å². The summed E-state index contributed by atoms with van der Waals surface area (Å²) in [6, 6.07) is 3.54. The molecule has 1 aliphatic heterocycles. The number of hydrogen-bond acceptors (Lipinski definition) is 4. The zero-order chi connectivity index (χ0) is 21.1. The van der Waals surface area contributed by atoms with E-state index >= 15 is 0 Å². The first kappa shape index (κ1) is 20.0. The highest BCUT2D eigenvalue weighted by Crippen LogP contribution is 2.44. The number of hydrogen-bond donors (Lipinski definition) is 1. The molecule has 4 rings (SSSR count). The van der Waals surface area contributed by atoms with Crippen LogP contribution in [0.2, 0.25) is 0 Å². The molecule has 2 heterocycles. The second-order valence-electron chi connectivity index (χ2n) is 9.15. The van der Waals surface area contributed by atoms with Gasteiger partial charge in [-0.05, 0) is 69.5 Å². The molecule has 1 saturated carbocycles. The van der Waals surface area contributed by atoms with Crippen LogP contribution in [0.4, 0.5) is 4.79 Å². The van der Waals surface area contributed by atoms with E-state index in [-0.39, 0.29) is 23.9 Å². The van der Waals surface area contributed by atoms with Crippen molar-refractivity contribution in [2.75, 3.05) is 13.7 Å². The van der Waals surface area contributed by atoms with E-state index < -0.39 is 11.6 Å². The summed E-state index contributed by atoms with van der Waals surface area (Å²) in [7, 11) is 1.63. The van der Waals surface area contributed by atoms with Gasteiger partial charge in [-0.1, -0.05) is 0 Å². The van der Waals surface area contributed by atoms with Crippen molar-refractivity contribution in [3.8, 4) is 5.75 Å². The molecule has 1 saturated heterocycles. The maximum Gasteiger partial charge on any atom is 0.408 e. The zero-order valence-electron chi connectivity index (χ0n) is 17.6. The standard InChI is InChI=1S/C22H28N2O4S/c1-12-11-29-17-9-14(8-16(28-5)18(12)17)20(25)23-10-13-6-7-15(23)19(13)24(21(26)27)22(2,3)4/h8-9,11,13,15,19H,6-7,10H2,1-5H3,(H,26,27)/t13?,15?,19-/m1/s1. The minimum atomic E-state index is -0.911. The highest BCUT2D eigenvalue weighted by atomic mass is 32.1. The number of fused-ring (bicyclic) bond motifs is 3. The highest BCUT2D eigenvalue weighted by Gasteiger charge is 2.54. The number of rotatable bonds is 3. The Labute approximate surface area is 175 Å². The number of amides is 2. The maximum absolute atomic E-state index is 13.5. The van der Waals surface area contributed by atoms with Crippen LogP contribution < -0.4 is 4.74 Å². The van der Waals surface area contributed by atoms with E-state index in [1.807, 2.05) is 44.7 Å². The van der Waals surface area contributed by atoms with Crippen LogP contribution in [0.1, 0.15) is 49.5 Å². The zero-order valence-corrected chi connectivity index (χ0v) is 18.4. The predicted molar refractivity (Wildman–Crippen MR) is 114 cm³/mol. The van der Waals surface area contributed by atoms with Gasteiger partial charge in [0.25, 0.3) is 5.91 Å². The number of benzene rings is 1. The number of aryl methyl sites for hydroxylation is 1. The quantitative estimate of drug-likeness (QED) is 0.794. The molecule has 3 atom stereocenters. The molecule has 2 fully saturated rings. The minimum Gasteiger partial charge on any atom is -0.496 e. The number of thiophene rings is 1. The first-order valence-corrected chi connectivity index (χ1v) is 10.9. The van der Waals surface area contributed by atoms with Gasteiger partial charge in [0.05, 0.1) is 19.2 Å². The Kier molecular flexibility index (Phi) is 4.76. The third-order valence-electron chi connectivity index (χ3n) is 6.32. The van der Waals surface area contributed by atoms with Crippen LogP contribution in [-0.4, -0.2) is 58.2 Å². The molecule has 1 aromatic heterocycles. The van der Waals surface area contributed by atoms with E-state index in [9.17, 15) is 14.7 Å². The number of piperidine rings is 1. The molecule has 156 valence electrons. The number of nitrogens with zero attached hydrogens (tertiary/aromatic N) is 2. The van der Waals surface area contributed by atoms with Crippen molar-refractivity contribution >= 4 is 33.4 Å². The van der Waals surface area contributed by atoms with Gasteiger partial charge < -0.3 is 14.7 Å². The maximum atomic E-state index is 13.5. The minimum absolute atomic E-state index is 0.0345. The van der Waals surface area contributed by atoms with Gasteiger partial charge >= 0.3 is 6.09 Å². The van der Waals surface area contributed by atoms with Crippen molar-refractivity contribution in [1.29, 1.82) is 0 Å². The van der Waals surface area contributed by atoms with Gasteiger partial charge in [-0.2, -0.15) is 0 Å². The third kappa shape index (κ3) is 3.16. The summed E-state index contributed by atoms with van der Waals surface area (Å²) in [6.07, 6.45) is 0.898. The van der Waals surface area contributed by atoms with E-state index in [0.717, 1.165) is 28.5 Å². The normalized spacial score (nSPS) is 23.6. The fourth-order valence-corrected chi connectivity index (χ4v) is 6.17. The lowest BCUT2D eigenvalue weighted by atomic mass is 9.98. The Bertz CT molecular complexity index is 977. The van der Waals surface area contributed by atoms with Crippen molar-refractivity contribution < 1.29 is 19.4 Å². The molecular formula is C22H28N2O4S. The highest BCUT2D eigenvalue weighted by molar-refractivity contribution is 7.17. The molecule has 1 aliphatic carbocycles. The summed E-state index contributed by atoms with van der Waals surface area (Å²) >= 11 is 1.61. The van der Waals surface area contributed by atoms with E-state index in [0.29, 0.717) is 17.9 Å². The van der Waals surface area contributed by atoms with Crippen molar-refractivity contribution in [2.24, 2.45) is 5.92 Å². The fraction of sp³-hybridized carbons (Fsp3) is 0.545. The molecule has 2 bridgehead atoms. The SMILES string of the molecule is COc1cc(C(=O)N2CC3CCC2[C@@H]3N(C(=O)O)C(C)(C)C)cc2scc(C)c12. The molecule has 1 N–H and O–H groups in total.